The number of rotatable bonds is 9. The summed E-state index contributed by atoms with van der Waals surface area (Å²) >= 11 is 3.96. The molecule has 2 heterocycles. The molecule has 0 spiro atoms. The van der Waals surface area contributed by atoms with E-state index >= 15 is 0 Å². The normalized spacial score (nSPS) is 23.1. The van der Waals surface area contributed by atoms with Gasteiger partial charge < -0.3 is 31.7 Å². The van der Waals surface area contributed by atoms with Gasteiger partial charge in [-0.3, -0.25) is 19.2 Å². The minimum atomic E-state index is -1.07. The van der Waals surface area contributed by atoms with Crippen LogP contribution in [0.15, 0.2) is 0 Å². The van der Waals surface area contributed by atoms with Crippen molar-refractivity contribution in [3.8, 4) is 0 Å². The number of nitrogens with zero attached hydrogens (tertiary/aromatic N) is 2. The third kappa shape index (κ3) is 5.63. The van der Waals surface area contributed by atoms with Gasteiger partial charge in [0.1, 0.15) is 18.1 Å². The number of carboxylic acid groups (broad SMARTS) is 1. The molecule has 0 radical (unpaired) electrons. The van der Waals surface area contributed by atoms with Gasteiger partial charge in [-0.2, -0.15) is 12.6 Å². The zero-order valence-corrected chi connectivity index (χ0v) is 17.6. The van der Waals surface area contributed by atoms with E-state index in [1.165, 1.54) is 9.80 Å². The van der Waals surface area contributed by atoms with Gasteiger partial charge in [0, 0.05) is 25.3 Å². The largest absolute Gasteiger partial charge is 0.480 e. The van der Waals surface area contributed by atoms with Crippen molar-refractivity contribution in [2.24, 2.45) is 11.5 Å². The van der Waals surface area contributed by atoms with E-state index in [9.17, 15) is 29.1 Å². The molecule has 0 saturated carbocycles. The summed E-state index contributed by atoms with van der Waals surface area (Å²) in [7, 11) is 0. The summed E-state index contributed by atoms with van der Waals surface area (Å²) in [6.45, 7) is 0.620. The molecule has 11 nitrogen and oxygen atoms in total. The number of hydrogen-bond acceptors (Lipinski definition) is 7. The molecule has 12 heteroatoms. The molecule has 0 aliphatic carbocycles. The smallest absolute Gasteiger partial charge is 0.326 e. The van der Waals surface area contributed by atoms with Crippen LogP contribution in [-0.2, 0) is 24.0 Å². The number of primary amides is 1. The van der Waals surface area contributed by atoms with Gasteiger partial charge in [-0.1, -0.05) is 0 Å². The Balaban J connectivity index is 2.16. The SMILES string of the molecule is NC(=O)CCC(NC(=O)C(N)CS)C(=O)N1CCCC1C(=O)N1CCCC1C(=O)O. The fourth-order valence-electron chi connectivity index (χ4n) is 3.87. The lowest BCUT2D eigenvalue weighted by atomic mass is 10.1. The molecule has 30 heavy (non-hydrogen) atoms. The molecule has 0 aromatic rings. The molecule has 2 fully saturated rings. The lowest BCUT2D eigenvalue weighted by Crippen LogP contribution is -2.57. The predicted molar refractivity (Wildman–Crippen MR) is 109 cm³/mol. The minimum Gasteiger partial charge on any atom is -0.480 e. The first-order valence-electron chi connectivity index (χ1n) is 9.96. The highest BCUT2D eigenvalue weighted by Gasteiger charge is 2.43. The fraction of sp³-hybridized carbons (Fsp3) is 0.722. The van der Waals surface area contributed by atoms with E-state index < -0.39 is 53.8 Å². The Bertz CT molecular complexity index is 705. The first-order valence-corrected chi connectivity index (χ1v) is 10.6. The maximum Gasteiger partial charge on any atom is 0.326 e. The number of likely N-dealkylation sites (tertiary alicyclic amines) is 2. The summed E-state index contributed by atoms with van der Waals surface area (Å²) in [6, 6.07) is -3.70. The van der Waals surface area contributed by atoms with Crippen molar-refractivity contribution in [1.82, 2.24) is 15.1 Å². The molecular weight excluding hydrogens is 414 g/mol. The van der Waals surface area contributed by atoms with Crippen molar-refractivity contribution in [1.29, 1.82) is 0 Å². The van der Waals surface area contributed by atoms with Crippen LogP contribution in [0.4, 0.5) is 0 Å². The van der Waals surface area contributed by atoms with Gasteiger partial charge in [-0.25, -0.2) is 4.79 Å². The van der Waals surface area contributed by atoms with Crippen LogP contribution >= 0.6 is 12.6 Å². The van der Waals surface area contributed by atoms with E-state index in [1.54, 1.807) is 0 Å². The zero-order chi connectivity index (χ0) is 22.4. The lowest BCUT2D eigenvalue weighted by molar-refractivity contribution is -0.152. The maximum absolute atomic E-state index is 13.2. The number of amides is 4. The quantitative estimate of drug-likeness (QED) is 0.257. The van der Waals surface area contributed by atoms with Crippen molar-refractivity contribution in [2.75, 3.05) is 18.8 Å². The molecule has 2 rings (SSSR count). The topological polar surface area (TPSA) is 176 Å². The first-order chi connectivity index (χ1) is 14.2. The Kier molecular flexibility index (Phi) is 8.47. The summed E-state index contributed by atoms with van der Waals surface area (Å²) in [6.07, 6.45) is 1.77. The number of nitrogens with one attached hydrogen (secondary N) is 1. The van der Waals surface area contributed by atoms with Crippen LogP contribution in [0.5, 0.6) is 0 Å². The molecule has 2 aliphatic heterocycles. The standard InChI is InChI=1S/C18H29N5O6S/c19-10(9-30)15(25)21-11(5-6-14(20)24)16(26)22-7-1-3-12(22)17(27)23-8-2-4-13(23)18(28)29/h10-13,30H,1-9,19H2,(H2,20,24)(H,21,25)(H,28,29). The van der Waals surface area contributed by atoms with E-state index in [0.717, 1.165) is 0 Å². The highest BCUT2D eigenvalue weighted by molar-refractivity contribution is 7.80. The van der Waals surface area contributed by atoms with Crippen LogP contribution in [0.1, 0.15) is 38.5 Å². The summed E-state index contributed by atoms with van der Waals surface area (Å²) in [5.41, 5.74) is 10.8. The average molecular weight is 444 g/mol. The second-order valence-electron chi connectivity index (χ2n) is 7.57. The van der Waals surface area contributed by atoms with Crippen LogP contribution in [0.2, 0.25) is 0 Å². The summed E-state index contributed by atoms with van der Waals surface area (Å²) in [4.78, 5) is 63.7. The predicted octanol–water partition coefficient (Wildman–Crippen LogP) is -1.94. The number of nitrogens with two attached hydrogens (primary N) is 2. The van der Waals surface area contributed by atoms with Crippen molar-refractivity contribution in [3.05, 3.63) is 0 Å². The molecule has 0 aromatic carbocycles. The minimum absolute atomic E-state index is 0.0297. The van der Waals surface area contributed by atoms with Crippen molar-refractivity contribution in [2.45, 2.75) is 62.7 Å². The number of carbonyl (C=O) groups excluding carboxylic acids is 4. The second-order valence-corrected chi connectivity index (χ2v) is 7.94. The van der Waals surface area contributed by atoms with Crippen LogP contribution in [0, 0.1) is 0 Å². The van der Waals surface area contributed by atoms with Gasteiger partial charge >= 0.3 is 5.97 Å². The monoisotopic (exact) mass is 443 g/mol. The Morgan fingerprint density at radius 1 is 1.07 bits per heavy atom. The molecule has 4 atom stereocenters. The van der Waals surface area contributed by atoms with Crippen molar-refractivity contribution in [3.63, 3.8) is 0 Å². The van der Waals surface area contributed by atoms with E-state index in [1.807, 2.05) is 0 Å². The molecular formula is C18H29N5O6S. The Morgan fingerprint density at radius 2 is 1.67 bits per heavy atom. The van der Waals surface area contributed by atoms with Crippen LogP contribution in [0.3, 0.4) is 0 Å². The highest BCUT2D eigenvalue weighted by Crippen LogP contribution is 2.26. The summed E-state index contributed by atoms with van der Waals surface area (Å²) in [5.74, 6) is -3.14. The molecule has 4 unspecified atom stereocenters. The lowest BCUT2D eigenvalue weighted by Gasteiger charge is -2.32. The molecule has 2 saturated heterocycles. The molecule has 168 valence electrons. The van der Waals surface area contributed by atoms with Crippen molar-refractivity contribution < 1.29 is 29.1 Å². The van der Waals surface area contributed by atoms with Gasteiger partial charge in [0.05, 0.1) is 6.04 Å². The van der Waals surface area contributed by atoms with E-state index in [-0.39, 0.29) is 18.6 Å². The maximum atomic E-state index is 13.2. The van der Waals surface area contributed by atoms with Gasteiger partial charge in [0.2, 0.25) is 23.6 Å². The number of thiol groups is 1. The zero-order valence-electron chi connectivity index (χ0n) is 16.7. The Morgan fingerprint density at radius 3 is 2.23 bits per heavy atom. The van der Waals surface area contributed by atoms with Gasteiger partial charge in [-0.05, 0) is 32.1 Å². The van der Waals surface area contributed by atoms with Crippen LogP contribution in [-0.4, -0.2) is 87.5 Å². The average Bonchev–Trinajstić information content (AvgIpc) is 3.38. The van der Waals surface area contributed by atoms with Crippen molar-refractivity contribution >= 4 is 42.2 Å². The number of carboxylic acids is 1. The number of carbonyl (C=O) groups is 5. The van der Waals surface area contributed by atoms with E-state index in [0.29, 0.717) is 38.8 Å². The van der Waals surface area contributed by atoms with Crippen LogP contribution in [0.25, 0.3) is 0 Å². The van der Waals surface area contributed by atoms with Crippen LogP contribution < -0.4 is 16.8 Å². The number of hydrogen-bond donors (Lipinski definition) is 5. The molecule has 2 aliphatic rings. The number of aliphatic carboxylic acids is 1. The summed E-state index contributed by atoms with van der Waals surface area (Å²) in [5, 5.41) is 11.9. The fourth-order valence-corrected chi connectivity index (χ4v) is 4.04. The Labute approximate surface area is 179 Å². The molecule has 0 bridgehead atoms. The van der Waals surface area contributed by atoms with E-state index in [2.05, 4.69) is 17.9 Å². The van der Waals surface area contributed by atoms with Gasteiger partial charge in [-0.15, -0.1) is 0 Å². The third-order valence-corrected chi connectivity index (χ3v) is 5.86. The Hall–Kier alpha value is -2.34. The van der Waals surface area contributed by atoms with Gasteiger partial charge in [0.25, 0.3) is 0 Å². The third-order valence-electron chi connectivity index (χ3n) is 5.47. The molecule has 4 amide bonds. The first kappa shape index (κ1) is 23.9. The molecule has 0 aromatic heterocycles. The molecule has 6 N–H and O–H groups in total. The second kappa shape index (κ2) is 10.6. The van der Waals surface area contributed by atoms with E-state index in [4.69, 9.17) is 11.5 Å². The summed E-state index contributed by atoms with van der Waals surface area (Å²) < 4.78 is 0. The highest BCUT2D eigenvalue weighted by atomic mass is 32.1. The van der Waals surface area contributed by atoms with Gasteiger partial charge in [0.15, 0.2) is 0 Å².